The first-order chi connectivity index (χ1) is 5.75. The van der Waals surface area contributed by atoms with Crippen molar-refractivity contribution in [2.75, 3.05) is 7.05 Å². The van der Waals surface area contributed by atoms with Crippen LogP contribution in [0.3, 0.4) is 0 Å². The van der Waals surface area contributed by atoms with Crippen molar-refractivity contribution < 1.29 is 10.0 Å². The molecule has 0 saturated carbocycles. The predicted octanol–water partition coefficient (Wildman–Crippen LogP) is -0.914. The Morgan fingerprint density at radius 2 is 2.00 bits per heavy atom. The van der Waals surface area contributed by atoms with Gasteiger partial charge in [0.05, 0.1) is 0 Å². The van der Waals surface area contributed by atoms with Crippen molar-refractivity contribution >= 4 is 12.6 Å². The summed E-state index contributed by atoms with van der Waals surface area (Å²) >= 11 is 0. The summed E-state index contributed by atoms with van der Waals surface area (Å²) in [4.78, 5) is 0. The number of hydrogen-bond donors (Lipinski definition) is 3. The minimum atomic E-state index is -1.38. The molecule has 0 aliphatic carbocycles. The molecule has 0 radical (unpaired) electrons. The molecule has 0 spiro atoms. The Morgan fingerprint density at radius 1 is 1.33 bits per heavy atom. The van der Waals surface area contributed by atoms with E-state index in [1.165, 1.54) is 0 Å². The number of hydrogen-bond acceptors (Lipinski definition) is 3. The molecule has 0 aromatic heterocycles. The number of nitrogens with one attached hydrogen (secondary N) is 1. The van der Waals surface area contributed by atoms with E-state index in [4.69, 9.17) is 10.0 Å². The molecule has 0 aliphatic rings. The van der Waals surface area contributed by atoms with E-state index >= 15 is 0 Å². The molecule has 4 heteroatoms. The lowest BCUT2D eigenvalue weighted by molar-refractivity contribution is 0.425. The van der Waals surface area contributed by atoms with Gasteiger partial charge in [-0.2, -0.15) is 0 Å². The zero-order chi connectivity index (χ0) is 8.97. The van der Waals surface area contributed by atoms with Crippen molar-refractivity contribution in [3.63, 3.8) is 0 Å². The highest BCUT2D eigenvalue weighted by atomic mass is 16.4. The zero-order valence-corrected chi connectivity index (χ0v) is 6.99. The molecule has 1 rings (SSSR count). The van der Waals surface area contributed by atoms with Crippen molar-refractivity contribution in [3.8, 4) is 0 Å². The maximum atomic E-state index is 8.96. The molecule has 1 aromatic rings. The molecule has 0 fully saturated rings. The molecule has 0 unspecified atom stereocenters. The summed E-state index contributed by atoms with van der Waals surface area (Å²) < 4.78 is 0. The molecule has 0 heterocycles. The summed E-state index contributed by atoms with van der Waals surface area (Å²) in [7, 11) is 0.440. The van der Waals surface area contributed by atoms with Gasteiger partial charge >= 0.3 is 7.12 Å². The van der Waals surface area contributed by atoms with Gasteiger partial charge in [-0.05, 0) is 18.1 Å². The van der Waals surface area contributed by atoms with E-state index in [9.17, 15) is 0 Å². The third kappa shape index (κ3) is 2.07. The van der Waals surface area contributed by atoms with Crippen molar-refractivity contribution in [2.45, 2.75) is 6.54 Å². The van der Waals surface area contributed by atoms with Crippen LogP contribution < -0.4 is 10.8 Å². The molecule has 0 atom stereocenters. The van der Waals surface area contributed by atoms with Crippen molar-refractivity contribution in [1.82, 2.24) is 5.32 Å². The van der Waals surface area contributed by atoms with Gasteiger partial charge in [-0.1, -0.05) is 24.3 Å². The first kappa shape index (κ1) is 9.25. The van der Waals surface area contributed by atoms with Crippen molar-refractivity contribution in [3.05, 3.63) is 29.8 Å². The molecular weight excluding hydrogens is 153 g/mol. The largest absolute Gasteiger partial charge is 0.488 e. The summed E-state index contributed by atoms with van der Waals surface area (Å²) in [6, 6.07) is 7.23. The molecule has 3 nitrogen and oxygen atoms in total. The van der Waals surface area contributed by atoms with Gasteiger partial charge in [0.15, 0.2) is 0 Å². The summed E-state index contributed by atoms with van der Waals surface area (Å²) in [5, 5.41) is 20.9. The molecule has 0 bridgehead atoms. The van der Waals surface area contributed by atoms with Gasteiger partial charge in [-0.25, -0.2) is 0 Å². The minimum Gasteiger partial charge on any atom is -0.423 e. The molecule has 1 aromatic carbocycles. The summed E-state index contributed by atoms with van der Waals surface area (Å²) in [6.45, 7) is 0.647. The van der Waals surface area contributed by atoms with Crippen LogP contribution in [0.5, 0.6) is 0 Å². The number of rotatable bonds is 3. The van der Waals surface area contributed by atoms with E-state index in [1.54, 1.807) is 12.1 Å². The van der Waals surface area contributed by atoms with Crippen LogP contribution in [0, 0.1) is 0 Å². The van der Waals surface area contributed by atoms with E-state index < -0.39 is 7.12 Å². The third-order valence-electron chi connectivity index (χ3n) is 1.70. The van der Waals surface area contributed by atoms with Crippen LogP contribution in [0.4, 0.5) is 0 Å². The fraction of sp³-hybridized carbons (Fsp3) is 0.250. The first-order valence-electron chi connectivity index (χ1n) is 3.84. The molecule has 64 valence electrons. The van der Waals surface area contributed by atoms with Gasteiger partial charge in [0.25, 0.3) is 0 Å². The zero-order valence-electron chi connectivity index (χ0n) is 6.99. The lowest BCUT2D eigenvalue weighted by Crippen LogP contribution is -2.34. The fourth-order valence-corrected chi connectivity index (χ4v) is 1.14. The van der Waals surface area contributed by atoms with E-state index in [1.807, 2.05) is 19.2 Å². The average Bonchev–Trinajstić information content (AvgIpc) is 2.05. The molecule has 0 amide bonds. The summed E-state index contributed by atoms with van der Waals surface area (Å²) in [6.07, 6.45) is 0. The Hall–Kier alpha value is -0.835. The molecule has 12 heavy (non-hydrogen) atoms. The second-order valence-corrected chi connectivity index (χ2v) is 2.60. The normalized spacial score (nSPS) is 9.92. The standard InChI is InChI=1S/C8H12BNO2/c1-10-6-7-4-2-3-5-8(7)9(11)12/h2-5,10-12H,6H2,1H3. The topological polar surface area (TPSA) is 52.5 Å². The van der Waals surface area contributed by atoms with Crippen LogP contribution in [-0.4, -0.2) is 24.2 Å². The SMILES string of the molecule is CNCc1ccccc1B(O)O. The van der Waals surface area contributed by atoms with Gasteiger partial charge in [0.2, 0.25) is 0 Å². The van der Waals surface area contributed by atoms with Crippen molar-refractivity contribution in [1.29, 1.82) is 0 Å². The smallest absolute Gasteiger partial charge is 0.423 e. The van der Waals surface area contributed by atoms with E-state index in [0.29, 0.717) is 12.0 Å². The summed E-state index contributed by atoms with van der Waals surface area (Å²) in [5.41, 5.74) is 1.47. The first-order valence-corrected chi connectivity index (χ1v) is 3.84. The van der Waals surface area contributed by atoms with E-state index in [0.717, 1.165) is 5.56 Å². The minimum absolute atomic E-state index is 0.562. The van der Waals surface area contributed by atoms with Gasteiger partial charge in [-0.3, -0.25) is 0 Å². The molecule has 3 N–H and O–H groups in total. The second-order valence-electron chi connectivity index (χ2n) is 2.60. The van der Waals surface area contributed by atoms with Crippen LogP contribution >= 0.6 is 0 Å². The molecule has 0 saturated heterocycles. The lowest BCUT2D eigenvalue weighted by Gasteiger charge is -2.06. The quantitative estimate of drug-likeness (QED) is 0.508. The average molecular weight is 165 g/mol. The van der Waals surface area contributed by atoms with Gasteiger partial charge in [0, 0.05) is 6.54 Å². The van der Waals surface area contributed by atoms with Gasteiger partial charge < -0.3 is 15.4 Å². The maximum absolute atomic E-state index is 8.96. The second kappa shape index (κ2) is 4.26. The Labute approximate surface area is 72.2 Å². The Morgan fingerprint density at radius 3 is 2.58 bits per heavy atom. The van der Waals surface area contributed by atoms with Crippen LogP contribution in [-0.2, 0) is 6.54 Å². The molecule has 0 aliphatic heterocycles. The highest BCUT2D eigenvalue weighted by Gasteiger charge is 2.13. The van der Waals surface area contributed by atoms with Crippen LogP contribution in [0.2, 0.25) is 0 Å². The predicted molar refractivity (Wildman–Crippen MR) is 49.0 cm³/mol. The monoisotopic (exact) mass is 165 g/mol. The fourth-order valence-electron chi connectivity index (χ4n) is 1.14. The van der Waals surface area contributed by atoms with E-state index in [2.05, 4.69) is 5.32 Å². The highest BCUT2D eigenvalue weighted by Crippen LogP contribution is 1.95. The molecular formula is C8H12BNO2. The van der Waals surface area contributed by atoms with Gasteiger partial charge in [0.1, 0.15) is 0 Å². The van der Waals surface area contributed by atoms with Gasteiger partial charge in [-0.15, -0.1) is 0 Å². The van der Waals surface area contributed by atoms with Crippen LogP contribution in [0.1, 0.15) is 5.56 Å². The van der Waals surface area contributed by atoms with Crippen LogP contribution in [0.15, 0.2) is 24.3 Å². The highest BCUT2D eigenvalue weighted by molar-refractivity contribution is 6.59. The number of benzene rings is 1. The Bertz CT molecular complexity index is 253. The maximum Gasteiger partial charge on any atom is 0.488 e. The van der Waals surface area contributed by atoms with Crippen molar-refractivity contribution in [2.24, 2.45) is 0 Å². The summed E-state index contributed by atoms with van der Waals surface area (Å²) in [5.74, 6) is 0. The Kier molecular flexibility index (Phi) is 3.28. The van der Waals surface area contributed by atoms with E-state index in [-0.39, 0.29) is 0 Å². The van der Waals surface area contributed by atoms with Crippen LogP contribution in [0.25, 0.3) is 0 Å². The third-order valence-corrected chi connectivity index (χ3v) is 1.70. The Balaban J connectivity index is 2.92. The lowest BCUT2D eigenvalue weighted by atomic mass is 9.77.